The summed E-state index contributed by atoms with van der Waals surface area (Å²) in [6.07, 6.45) is 11.6. The summed E-state index contributed by atoms with van der Waals surface area (Å²) < 4.78 is 0. The third kappa shape index (κ3) is 3.45. The zero-order valence-electron chi connectivity index (χ0n) is 10.7. The Morgan fingerprint density at radius 2 is 1.89 bits per heavy atom. The van der Waals surface area contributed by atoms with Crippen molar-refractivity contribution >= 4 is 11.6 Å². The van der Waals surface area contributed by atoms with E-state index in [2.05, 4.69) is 10.3 Å². The van der Waals surface area contributed by atoms with E-state index in [0.29, 0.717) is 17.3 Å². The summed E-state index contributed by atoms with van der Waals surface area (Å²) in [5.74, 6) is -0.0690. The zero-order valence-corrected chi connectivity index (χ0v) is 10.7. The molecule has 1 heterocycles. The van der Waals surface area contributed by atoms with E-state index in [-0.39, 0.29) is 5.91 Å². The second-order valence-electron chi connectivity index (χ2n) is 4.98. The van der Waals surface area contributed by atoms with Crippen LogP contribution in [0.3, 0.4) is 0 Å². The fourth-order valence-electron chi connectivity index (χ4n) is 2.48. The lowest BCUT2D eigenvalue weighted by molar-refractivity contribution is 0.0931. The van der Waals surface area contributed by atoms with E-state index in [0.717, 1.165) is 12.8 Å². The van der Waals surface area contributed by atoms with Crippen molar-refractivity contribution in [1.29, 1.82) is 0 Å². The minimum absolute atomic E-state index is 0.0690. The van der Waals surface area contributed by atoms with Crippen LogP contribution in [0.5, 0.6) is 0 Å². The van der Waals surface area contributed by atoms with Crippen LogP contribution < -0.4 is 11.1 Å². The quantitative estimate of drug-likeness (QED) is 0.843. The van der Waals surface area contributed by atoms with E-state index >= 15 is 0 Å². The molecule has 0 atom stereocenters. The molecule has 18 heavy (non-hydrogen) atoms. The number of carbonyl (C=O) groups is 1. The van der Waals surface area contributed by atoms with Gasteiger partial charge < -0.3 is 11.1 Å². The van der Waals surface area contributed by atoms with Crippen molar-refractivity contribution in [1.82, 2.24) is 10.3 Å². The molecule has 1 aliphatic rings. The van der Waals surface area contributed by atoms with Gasteiger partial charge in [-0.15, -0.1) is 0 Å². The number of aromatic nitrogens is 1. The smallest absolute Gasteiger partial charge is 0.253 e. The molecule has 0 spiro atoms. The molecule has 0 saturated heterocycles. The summed E-state index contributed by atoms with van der Waals surface area (Å²) in [5.41, 5.74) is 6.74. The number of hydrogen-bond acceptors (Lipinski definition) is 3. The second kappa shape index (κ2) is 6.38. The van der Waals surface area contributed by atoms with Crippen LogP contribution in [0.25, 0.3) is 0 Å². The standard InChI is InChI=1S/C14H21N3O/c15-13-10-16-9-8-12(13)14(18)17-11-6-4-2-1-3-5-7-11/h8-11H,1-7,15H2,(H,17,18). The van der Waals surface area contributed by atoms with Crippen molar-refractivity contribution in [2.45, 2.75) is 51.0 Å². The average molecular weight is 247 g/mol. The highest BCUT2D eigenvalue weighted by molar-refractivity contribution is 5.98. The summed E-state index contributed by atoms with van der Waals surface area (Å²) in [5, 5.41) is 3.10. The van der Waals surface area contributed by atoms with Crippen LogP contribution in [0.15, 0.2) is 18.5 Å². The van der Waals surface area contributed by atoms with Gasteiger partial charge in [0.2, 0.25) is 0 Å². The SMILES string of the molecule is Nc1cnccc1C(=O)NC1CCCCCCC1. The Morgan fingerprint density at radius 3 is 2.56 bits per heavy atom. The van der Waals surface area contributed by atoms with Gasteiger partial charge in [-0.25, -0.2) is 0 Å². The molecule has 0 aliphatic heterocycles. The lowest BCUT2D eigenvalue weighted by Crippen LogP contribution is -2.35. The molecule has 0 bridgehead atoms. The Kier molecular flexibility index (Phi) is 4.56. The molecule has 0 radical (unpaired) electrons. The highest BCUT2D eigenvalue weighted by atomic mass is 16.1. The Hall–Kier alpha value is -1.58. The van der Waals surface area contributed by atoms with Gasteiger partial charge in [0, 0.05) is 12.2 Å². The van der Waals surface area contributed by atoms with E-state index in [9.17, 15) is 4.79 Å². The number of nitrogen functional groups attached to an aromatic ring is 1. The lowest BCUT2D eigenvalue weighted by Gasteiger charge is -2.21. The van der Waals surface area contributed by atoms with E-state index in [1.54, 1.807) is 12.3 Å². The number of hydrogen-bond donors (Lipinski definition) is 2. The molecule has 2 rings (SSSR count). The molecule has 1 saturated carbocycles. The summed E-state index contributed by atoms with van der Waals surface area (Å²) in [6, 6.07) is 1.97. The number of nitrogens with zero attached hydrogens (tertiary/aromatic N) is 1. The van der Waals surface area contributed by atoms with E-state index in [1.807, 2.05) is 0 Å². The van der Waals surface area contributed by atoms with Gasteiger partial charge in [0.25, 0.3) is 5.91 Å². The third-order valence-corrected chi connectivity index (χ3v) is 3.54. The molecule has 1 fully saturated rings. The maximum atomic E-state index is 12.1. The summed E-state index contributed by atoms with van der Waals surface area (Å²) >= 11 is 0. The number of nitrogens with two attached hydrogens (primary N) is 1. The number of anilines is 1. The number of carbonyl (C=O) groups excluding carboxylic acids is 1. The molecule has 0 aromatic carbocycles. The zero-order chi connectivity index (χ0) is 12.8. The first-order valence-corrected chi connectivity index (χ1v) is 6.78. The minimum Gasteiger partial charge on any atom is -0.397 e. The first-order valence-electron chi connectivity index (χ1n) is 6.78. The van der Waals surface area contributed by atoms with Crippen LogP contribution in [0, 0.1) is 0 Å². The van der Waals surface area contributed by atoms with Gasteiger partial charge in [-0.1, -0.05) is 32.1 Å². The highest BCUT2D eigenvalue weighted by Gasteiger charge is 2.16. The van der Waals surface area contributed by atoms with Crippen molar-refractivity contribution in [3.63, 3.8) is 0 Å². The predicted molar refractivity (Wildman–Crippen MR) is 72.2 cm³/mol. The monoisotopic (exact) mass is 247 g/mol. The predicted octanol–water partition coefficient (Wildman–Crippen LogP) is 2.51. The van der Waals surface area contributed by atoms with Crippen molar-refractivity contribution in [2.75, 3.05) is 5.73 Å². The normalized spacial score (nSPS) is 17.8. The van der Waals surface area contributed by atoms with E-state index in [1.165, 1.54) is 38.3 Å². The molecule has 1 aromatic heterocycles. The fourth-order valence-corrected chi connectivity index (χ4v) is 2.48. The lowest BCUT2D eigenvalue weighted by atomic mass is 9.96. The summed E-state index contributed by atoms with van der Waals surface area (Å²) in [4.78, 5) is 16.0. The van der Waals surface area contributed by atoms with Gasteiger partial charge in [-0.05, 0) is 18.9 Å². The third-order valence-electron chi connectivity index (χ3n) is 3.54. The summed E-state index contributed by atoms with van der Waals surface area (Å²) in [6.45, 7) is 0. The van der Waals surface area contributed by atoms with Crippen LogP contribution in [0.2, 0.25) is 0 Å². The number of pyridine rings is 1. The molecule has 1 aliphatic carbocycles. The maximum Gasteiger partial charge on any atom is 0.253 e. The van der Waals surface area contributed by atoms with Crippen LogP contribution in [-0.4, -0.2) is 16.9 Å². The van der Waals surface area contributed by atoms with Crippen LogP contribution in [0.1, 0.15) is 55.3 Å². The molecular weight excluding hydrogens is 226 g/mol. The van der Waals surface area contributed by atoms with Crippen molar-refractivity contribution in [3.05, 3.63) is 24.0 Å². The van der Waals surface area contributed by atoms with Gasteiger partial charge in [0.1, 0.15) is 0 Å². The van der Waals surface area contributed by atoms with Crippen molar-refractivity contribution < 1.29 is 4.79 Å². The Labute approximate surface area is 108 Å². The van der Waals surface area contributed by atoms with Gasteiger partial charge in [0.05, 0.1) is 17.4 Å². The largest absolute Gasteiger partial charge is 0.397 e. The molecule has 0 unspecified atom stereocenters. The van der Waals surface area contributed by atoms with Gasteiger partial charge in [-0.3, -0.25) is 9.78 Å². The van der Waals surface area contributed by atoms with Gasteiger partial charge in [0.15, 0.2) is 0 Å². The fraction of sp³-hybridized carbons (Fsp3) is 0.571. The van der Waals surface area contributed by atoms with Crippen molar-refractivity contribution in [2.24, 2.45) is 0 Å². The number of amides is 1. The first kappa shape index (κ1) is 12.9. The van der Waals surface area contributed by atoms with E-state index < -0.39 is 0 Å². The van der Waals surface area contributed by atoms with E-state index in [4.69, 9.17) is 5.73 Å². The number of nitrogens with one attached hydrogen (secondary N) is 1. The first-order chi connectivity index (χ1) is 8.77. The van der Waals surface area contributed by atoms with Crippen LogP contribution >= 0.6 is 0 Å². The topological polar surface area (TPSA) is 68.0 Å². The Balaban J connectivity index is 1.95. The second-order valence-corrected chi connectivity index (χ2v) is 4.98. The molecule has 98 valence electrons. The molecule has 1 amide bonds. The molecule has 1 aromatic rings. The molecular formula is C14H21N3O. The molecule has 4 nitrogen and oxygen atoms in total. The Morgan fingerprint density at radius 1 is 1.22 bits per heavy atom. The molecule has 4 heteroatoms. The summed E-state index contributed by atoms with van der Waals surface area (Å²) in [7, 11) is 0. The van der Waals surface area contributed by atoms with Crippen LogP contribution in [0.4, 0.5) is 5.69 Å². The highest BCUT2D eigenvalue weighted by Crippen LogP contribution is 2.18. The average Bonchev–Trinajstić information content (AvgIpc) is 2.33. The number of rotatable bonds is 2. The van der Waals surface area contributed by atoms with Crippen molar-refractivity contribution in [3.8, 4) is 0 Å². The Bertz CT molecular complexity index is 398. The minimum atomic E-state index is -0.0690. The maximum absolute atomic E-state index is 12.1. The molecule has 3 N–H and O–H groups in total. The van der Waals surface area contributed by atoms with Gasteiger partial charge >= 0.3 is 0 Å². The van der Waals surface area contributed by atoms with Crippen LogP contribution in [-0.2, 0) is 0 Å². The van der Waals surface area contributed by atoms with Gasteiger partial charge in [-0.2, -0.15) is 0 Å².